The van der Waals surface area contributed by atoms with E-state index in [1.54, 1.807) is 37.4 Å². The van der Waals surface area contributed by atoms with E-state index in [1.165, 1.54) is 27.9 Å². The summed E-state index contributed by atoms with van der Waals surface area (Å²) in [7, 11) is -4.71. The Kier molecular flexibility index (Phi) is 5.71. The number of fused-ring (bicyclic) bond motifs is 1. The predicted molar refractivity (Wildman–Crippen MR) is 133 cm³/mol. The molecular formula is C22H17Cl2N7O4S. The molecule has 5 rings (SSSR count). The first-order valence-corrected chi connectivity index (χ1v) is 12.6. The van der Waals surface area contributed by atoms with E-state index in [0.29, 0.717) is 16.9 Å². The SMILES string of the molecule is CC1(Cc2ccc(-c3cncnc3N)cc2)C(=O)N(c2cc(Cl)nc(Cl)c2)c2ncc(S(=O)(=O)O)n21. The molecule has 184 valence electrons. The van der Waals surface area contributed by atoms with Crippen LogP contribution in [0, 0.1) is 0 Å². The Bertz CT molecular complexity index is 1610. The minimum atomic E-state index is -4.71. The number of nitrogen functional groups attached to an aromatic ring is 1. The molecule has 4 heterocycles. The number of aromatic nitrogens is 5. The van der Waals surface area contributed by atoms with Gasteiger partial charge in [0.2, 0.25) is 5.95 Å². The molecule has 0 fully saturated rings. The van der Waals surface area contributed by atoms with E-state index >= 15 is 0 Å². The van der Waals surface area contributed by atoms with Gasteiger partial charge in [0, 0.05) is 18.2 Å². The van der Waals surface area contributed by atoms with Crippen molar-refractivity contribution in [2.45, 2.75) is 23.9 Å². The molecule has 0 radical (unpaired) electrons. The van der Waals surface area contributed by atoms with Crippen LogP contribution >= 0.6 is 23.2 Å². The highest BCUT2D eigenvalue weighted by Crippen LogP contribution is 2.44. The Balaban J connectivity index is 1.60. The molecule has 3 aromatic heterocycles. The van der Waals surface area contributed by atoms with Gasteiger partial charge in [-0.1, -0.05) is 47.5 Å². The first-order valence-electron chi connectivity index (χ1n) is 10.4. The van der Waals surface area contributed by atoms with Crippen molar-refractivity contribution in [3.05, 3.63) is 71.0 Å². The van der Waals surface area contributed by atoms with Gasteiger partial charge >= 0.3 is 10.1 Å². The summed E-state index contributed by atoms with van der Waals surface area (Å²) in [4.78, 5) is 31.0. The zero-order valence-electron chi connectivity index (χ0n) is 18.5. The molecule has 1 atom stereocenters. The predicted octanol–water partition coefficient (Wildman–Crippen LogP) is 3.51. The van der Waals surface area contributed by atoms with E-state index in [4.69, 9.17) is 28.9 Å². The largest absolute Gasteiger partial charge is 0.383 e. The van der Waals surface area contributed by atoms with Gasteiger partial charge in [-0.3, -0.25) is 13.9 Å². The number of nitrogens with two attached hydrogens (primary N) is 1. The second kappa shape index (κ2) is 8.52. The smallest absolute Gasteiger partial charge is 0.312 e. The monoisotopic (exact) mass is 545 g/mol. The number of carbonyl (C=O) groups is 1. The molecule has 1 aromatic carbocycles. The molecule has 1 aliphatic rings. The van der Waals surface area contributed by atoms with Crippen molar-refractivity contribution >= 4 is 56.7 Å². The molecule has 0 saturated carbocycles. The van der Waals surface area contributed by atoms with Crippen LogP contribution in [0.3, 0.4) is 0 Å². The molecule has 3 N–H and O–H groups in total. The van der Waals surface area contributed by atoms with Crippen LogP contribution in [0.4, 0.5) is 17.5 Å². The highest BCUT2D eigenvalue weighted by Gasteiger charge is 2.51. The molecule has 1 amide bonds. The van der Waals surface area contributed by atoms with Crippen molar-refractivity contribution in [2.75, 3.05) is 10.6 Å². The van der Waals surface area contributed by atoms with Crippen LogP contribution in [0.1, 0.15) is 12.5 Å². The number of benzene rings is 1. The number of amides is 1. The van der Waals surface area contributed by atoms with Crippen LogP contribution in [0.2, 0.25) is 10.3 Å². The molecule has 11 nitrogen and oxygen atoms in total. The van der Waals surface area contributed by atoms with Crippen LogP contribution < -0.4 is 10.6 Å². The molecule has 36 heavy (non-hydrogen) atoms. The van der Waals surface area contributed by atoms with Gasteiger partial charge in [-0.15, -0.1) is 0 Å². The summed E-state index contributed by atoms with van der Waals surface area (Å²) < 4.78 is 35.4. The van der Waals surface area contributed by atoms with Crippen molar-refractivity contribution in [1.29, 1.82) is 0 Å². The maximum atomic E-state index is 13.8. The molecule has 0 bridgehead atoms. The summed E-state index contributed by atoms with van der Waals surface area (Å²) in [5, 5.41) is -0.452. The average Bonchev–Trinajstić information content (AvgIpc) is 3.33. The normalized spacial score (nSPS) is 17.4. The summed E-state index contributed by atoms with van der Waals surface area (Å²) in [5.74, 6) is -0.195. The fraction of sp³-hybridized carbons (Fsp3) is 0.136. The lowest BCUT2D eigenvalue weighted by molar-refractivity contribution is -0.124. The Morgan fingerprint density at radius 1 is 1.08 bits per heavy atom. The molecular weight excluding hydrogens is 529 g/mol. The highest BCUT2D eigenvalue weighted by atomic mass is 35.5. The van der Waals surface area contributed by atoms with Crippen molar-refractivity contribution < 1.29 is 17.8 Å². The number of hydrogen-bond donors (Lipinski definition) is 2. The third kappa shape index (κ3) is 3.97. The van der Waals surface area contributed by atoms with Gasteiger partial charge in [0.25, 0.3) is 5.91 Å². The van der Waals surface area contributed by atoms with Crippen LogP contribution in [0.5, 0.6) is 0 Å². The van der Waals surface area contributed by atoms with E-state index in [9.17, 15) is 17.8 Å². The first kappa shape index (κ1) is 24.1. The number of imidazole rings is 1. The summed E-state index contributed by atoms with van der Waals surface area (Å²) >= 11 is 12.1. The molecule has 14 heteroatoms. The lowest BCUT2D eigenvalue weighted by atomic mass is 9.91. The molecule has 4 aromatic rings. The Morgan fingerprint density at radius 2 is 1.75 bits per heavy atom. The zero-order chi connectivity index (χ0) is 25.8. The second-order valence-electron chi connectivity index (χ2n) is 8.29. The minimum absolute atomic E-state index is 0.0145. The van der Waals surface area contributed by atoms with E-state index in [1.807, 2.05) is 0 Å². The molecule has 1 unspecified atom stereocenters. The number of pyridine rings is 1. The molecule has 0 saturated heterocycles. The van der Waals surface area contributed by atoms with Gasteiger partial charge in [-0.05, 0) is 30.2 Å². The highest BCUT2D eigenvalue weighted by molar-refractivity contribution is 7.85. The van der Waals surface area contributed by atoms with Gasteiger partial charge in [-0.2, -0.15) is 8.42 Å². The third-order valence-electron chi connectivity index (χ3n) is 5.89. The Morgan fingerprint density at radius 3 is 2.36 bits per heavy atom. The maximum absolute atomic E-state index is 13.8. The van der Waals surface area contributed by atoms with Crippen molar-refractivity contribution in [2.24, 2.45) is 0 Å². The number of nitrogens with zero attached hydrogens (tertiary/aromatic N) is 6. The average molecular weight is 546 g/mol. The number of rotatable bonds is 5. The summed E-state index contributed by atoms with van der Waals surface area (Å²) in [6.07, 6.45) is 4.01. The van der Waals surface area contributed by atoms with Gasteiger partial charge in [-0.25, -0.2) is 24.8 Å². The quantitative estimate of drug-likeness (QED) is 0.282. The van der Waals surface area contributed by atoms with Crippen molar-refractivity contribution in [3.8, 4) is 11.1 Å². The summed E-state index contributed by atoms with van der Waals surface area (Å²) in [5.41, 5.74) is 6.83. The summed E-state index contributed by atoms with van der Waals surface area (Å²) in [6, 6.07) is 9.98. The fourth-order valence-electron chi connectivity index (χ4n) is 4.29. The number of anilines is 3. The van der Waals surface area contributed by atoms with Gasteiger partial charge < -0.3 is 5.73 Å². The van der Waals surface area contributed by atoms with E-state index < -0.39 is 26.6 Å². The lowest BCUT2D eigenvalue weighted by Crippen LogP contribution is -2.42. The first-order chi connectivity index (χ1) is 17.0. The Labute approximate surface area is 215 Å². The number of hydrogen-bond acceptors (Lipinski definition) is 8. The van der Waals surface area contributed by atoms with Crippen LogP contribution in [0.25, 0.3) is 11.1 Å². The minimum Gasteiger partial charge on any atom is -0.383 e. The standard InChI is InChI=1S/C22H17Cl2N7O4S/c1-22(8-12-2-4-13(5-3-12)15-9-26-11-28-19(15)25)20(32)30(14-6-16(23)29-17(24)7-14)21-27-10-18(31(21)22)36(33,34)35/h2-7,9-11H,8H2,1H3,(H2,25,26,28)(H,33,34,35). The van der Waals surface area contributed by atoms with Crippen molar-refractivity contribution in [1.82, 2.24) is 24.5 Å². The second-order valence-corrected chi connectivity index (χ2v) is 10.4. The van der Waals surface area contributed by atoms with Gasteiger partial charge in [0.05, 0.1) is 11.9 Å². The number of carbonyl (C=O) groups excluding carboxylic acids is 1. The molecule has 0 spiro atoms. The van der Waals surface area contributed by atoms with Crippen LogP contribution in [-0.4, -0.2) is 43.4 Å². The van der Waals surface area contributed by atoms with E-state index in [0.717, 1.165) is 11.8 Å². The van der Waals surface area contributed by atoms with Crippen molar-refractivity contribution in [3.63, 3.8) is 0 Å². The van der Waals surface area contributed by atoms with Gasteiger partial charge in [0.1, 0.15) is 28.0 Å². The fourth-order valence-corrected chi connectivity index (χ4v) is 5.44. The Hall–Kier alpha value is -3.58. The topological polar surface area (TPSA) is 157 Å². The molecule has 0 aliphatic carbocycles. The van der Waals surface area contributed by atoms with Gasteiger partial charge in [0.15, 0.2) is 5.03 Å². The van der Waals surface area contributed by atoms with E-state index in [2.05, 4.69) is 19.9 Å². The third-order valence-corrected chi connectivity index (χ3v) is 7.10. The molecule has 1 aliphatic heterocycles. The maximum Gasteiger partial charge on any atom is 0.312 e. The van der Waals surface area contributed by atoms with E-state index in [-0.39, 0.29) is 28.4 Å². The summed E-state index contributed by atoms with van der Waals surface area (Å²) in [6.45, 7) is 1.57. The lowest BCUT2D eigenvalue weighted by Gasteiger charge is -2.26. The zero-order valence-corrected chi connectivity index (χ0v) is 20.8. The van der Waals surface area contributed by atoms with Crippen LogP contribution in [0.15, 0.2) is 60.1 Å². The number of halogens is 2. The van der Waals surface area contributed by atoms with Crippen LogP contribution in [-0.2, 0) is 26.9 Å².